The van der Waals surface area contributed by atoms with Gasteiger partial charge in [-0.25, -0.2) is 9.59 Å². The van der Waals surface area contributed by atoms with Crippen LogP contribution in [-0.2, 0) is 14.3 Å². The predicted octanol–water partition coefficient (Wildman–Crippen LogP) is 0.433. The number of methoxy groups -OCH3 is 1. The van der Waals surface area contributed by atoms with Crippen molar-refractivity contribution in [3.63, 3.8) is 0 Å². The number of hydrogen-bond acceptors (Lipinski definition) is 5. The lowest BCUT2D eigenvalue weighted by atomic mass is 10.2. The van der Waals surface area contributed by atoms with Crippen LogP contribution in [0.5, 0.6) is 0 Å². The molecule has 0 saturated heterocycles. The van der Waals surface area contributed by atoms with Gasteiger partial charge in [-0.3, -0.25) is 0 Å². The summed E-state index contributed by atoms with van der Waals surface area (Å²) in [5, 5.41) is 2.31. The number of esters is 1. The van der Waals surface area contributed by atoms with Crippen molar-refractivity contribution in [2.75, 3.05) is 13.7 Å². The van der Waals surface area contributed by atoms with E-state index < -0.39 is 23.7 Å². The summed E-state index contributed by atoms with van der Waals surface area (Å²) in [6.07, 6.45) is -0.691. The Morgan fingerprint density at radius 1 is 1.38 bits per heavy atom. The second-order valence-corrected chi connectivity index (χ2v) is 3.96. The van der Waals surface area contributed by atoms with Crippen LogP contribution >= 0.6 is 12.4 Å². The quantitative estimate of drug-likeness (QED) is 0.713. The van der Waals surface area contributed by atoms with Crippen LogP contribution in [0.15, 0.2) is 0 Å². The van der Waals surface area contributed by atoms with Crippen LogP contribution in [0.2, 0.25) is 0 Å². The Morgan fingerprint density at radius 2 is 1.88 bits per heavy atom. The maximum Gasteiger partial charge on any atom is 0.408 e. The third-order valence-corrected chi connectivity index (χ3v) is 1.41. The van der Waals surface area contributed by atoms with E-state index in [9.17, 15) is 9.59 Å². The molecule has 0 aliphatic heterocycles. The molecule has 0 aromatic rings. The molecule has 0 fully saturated rings. The van der Waals surface area contributed by atoms with E-state index in [2.05, 4.69) is 10.1 Å². The zero-order valence-corrected chi connectivity index (χ0v) is 10.7. The zero-order chi connectivity index (χ0) is 12.1. The molecule has 0 aliphatic rings. The topological polar surface area (TPSA) is 90.6 Å². The number of rotatable bonds is 3. The molecule has 96 valence electrons. The number of alkyl carbamates (subject to hydrolysis) is 1. The van der Waals surface area contributed by atoms with Gasteiger partial charge in [0.05, 0.1) is 7.11 Å². The first kappa shape index (κ1) is 17.4. The highest BCUT2D eigenvalue weighted by Gasteiger charge is 2.23. The molecule has 0 aromatic heterocycles. The smallest absolute Gasteiger partial charge is 0.408 e. The number of carbonyl (C=O) groups excluding carboxylic acids is 2. The lowest BCUT2D eigenvalue weighted by Gasteiger charge is -2.21. The summed E-state index contributed by atoms with van der Waals surface area (Å²) in [7, 11) is 1.22. The van der Waals surface area contributed by atoms with Gasteiger partial charge in [-0.15, -0.1) is 12.4 Å². The average Bonchev–Trinajstić information content (AvgIpc) is 2.10. The molecule has 0 rings (SSSR count). The highest BCUT2D eigenvalue weighted by atomic mass is 35.5. The van der Waals surface area contributed by atoms with Gasteiger partial charge in [-0.2, -0.15) is 0 Å². The van der Waals surface area contributed by atoms with E-state index in [1.54, 1.807) is 20.8 Å². The predicted molar refractivity (Wildman–Crippen MR) is 61.5 cm³/mol. The summed E-state index contributed by atoms with van der Waals surface area (Å²) < 4.78 is 9.40. The lowest BCUT2D eigenvalue weighted by molar-refractivity contribution is -0.142. The molecule has 0 spiro atoms. The van der Waals surface area contributed by atoms with E-state index >= 15 is 0 Å². The second-order valence-electron chi connectivity index (χ2n) is 3.96. The molecule has 1 amide bonds. The number of nitrogens with two attached hydrogens (primary N) is 1. The Morgan fingerprint density at radius 3 is 2.19 bits per heavy atom. The highest BCUT2D eigenvalue weighted by Crippen LogP contribution is 2.06. The van der Waals surface area contributed by atoms with Crippen LogP contribution in [0.3, 0.4) is 0 Å². The molecule has 6 nitrogen and oxygen atoms in total. The molecule has 0 heterocycles. The van der Waals surface area contributed by atoms with Crippen LogP contribution in [0.25, 0.3) is 0 Å². The van der Waals surface area contributed by atoms with E-state index in [1.807, 2.05) is 0 Å². The number of hydrogen-bond donors (Lipinski definition) is 2. The van der Waals surface area contributed by atoms with Crippen LogP contribution in [0.1, 0.15) is 20.8 Å². The number of amides is 1. The second kappa shape index (κ2) is 7.29. The minimum Gasteiger partial charge on any atom is -0.467 e. The Balaban J connectivity index is 0. The van der Waals surface area contributed by atoms with Crippen molar-refractivity contribution in [3.05, 3.63) is 0 Å². The summed E-state index contributed by atoms with van der Waals surface area (Å²) in [5.41, 5.74) is 4.68. The molecular weight excluding hydrogens is 236 g/mol. The molecule has 3 N–H and O–H groups in total. The summed E-state index contributed by atoms with van der Waals surface area (Å²) >= 11 is 0. The summed E-state index contributed by atoms with van der Waals surface area (Å²) in [4.78, 5) is 22.3. The first-order chi connectivity index (χ1) is 6.80. The van der Waals surface area contributed by atoms with Crippen molar-refractivity contribution in [1.29, 1.82) is 0 Å². The fraction of sp³-hybridized carbons (Fsp3) is 0.778. The van der Waals surface area contributed by atoms with E-state index in [0.29, 0.717) is 0 Å². The van der Waals surface area contributed by atoms with Crippen molar-refractivity contribution < 1.29 is 19.1 Å². The molecule has 0 unspecified atom stereocenters. The molecule has 0 aromatic carbocycles. The van der Waals surface area contributed by atoms with Crippen LogP contribution in [0.4, 0.5) is 4.79 Å². The summed E-state index contributed by atoms with van der Waals surface area (Å²) in [5.74, 6) is -0.594. The normalized spacial score (nSPS) is 12.1. The third-order valence-electron chi connectivity index (χ3n) is 1.41. The largest absolute Gasteiger partial charge is 0.467 e. The molecule has 0 radical (unpaired) electrons. The molecule has 7 heteroatoms. The van der Waals surface area contributed by atoms with Gasteiger partial charge in [0.25, 0.3) is 0 Å². The lowest BCUT2D eigenvalue weighted by Crippen LogP contribution is -2.48. The third kappa shape index (κ3) is 7.30. The van der Waals surface area contributed by atoms with Crippen LogP contribution in [0, 0.1) is 0 Å². The number of carbonyl (C=O) groups is 2. The Bertz CT molecular complexity index is 240. The van der Waals surface area contributed by atoms with Gasteiger partial charge in [0.1, 0.15) is 11.6 Å². The van der Waals surface area contributed by atoms with Crippen molar-refractivity contribution >= 4 is 24.5 Å². The fourth-order valence-electron chi connectivity index (χ4n) is 0.806. The van der Waals surface area contributed by atoms with Gasteiger partial charge < -0.3 is 20.5 Å². The molecule has 0 saturated carbocycles. The minimum absolute atomic E-state index is 0. The fourth-order valence-corrected chi connectivity index (χ4v) is 0.806. The Labute approximate surface area is 101 Å². The van der Waals surface area contributed by atoms with Gasteiger partial charge >= 0.3 is 12.1 Å². The molecule has 16 heavy (non-hydrogen) atoms. The minimum atomic E-state index is -0.871. The molecular formula is C9H19ClN2O4. The van der Waals surface area contributed by atoms with E-state index in [4.69, 9.17) is 10.5 Å². The molecule has 1 atom stereocenters. The van der Waals surface area contributed by atoms with E-state index in [0.717, 1.165) is 0 Å². The first-order valence-corrected chi connectivity index (χ1v) is 4.57. The van der Waals surface area contributed by atoms with Gasteiger partial charge in [0.2, 0.25) is 0 Å². The van der Waals surface area contributed by atoms with Crippen LogP contribution < -0.4 is 11.1 Å². The maximum absolute atomic E-state index is 11.3. The number of nitrogens with one attached hydrogen (secondary N) is 1. The van der Waals surface area contributed by atoms with Gasteiger partial charge in [0, 0.05) is 6.54 Å². The van der Waals surface area contributed by atoms with Crippen molar-refractivity contribution in [2.45, 2.75) is 32.4 Å². The van der Waals surface area contributed by atoms with Crippen LogP contribution in [-0.4, -0.2) is 37.4 Å². The van der Waals surface area contributed by atoms with Crippen molar-refractivity contribution in [1.82, 2.24) is 5.32 Å². The maximum atomic E-state index is 11.3. The summed E-state index contributed by atoms with van der Waals surface area (Å²) in [6, 6.07) is -0.871. The monoisotopic (exact) mass is 254 g/mol. The summed E-state index contributed by atoms with van der Waals surface area (Å²) in [6.45, 7) is 5.14. The Kier molecular flexibility index (Phi) is 7.93. The van der Waals surface area contributed by atoms with E-state index in [-0.39, 0.29) is 19.0 Å². The van der Waals surface area contributed by atoms with Gasteiger partial charge in [0.15, 0.2) is 0 Å². The number of ether oxygens (including phenoxy) is 2. The van der Waals surface area contributed by atoms with E-state index in [1.165, 1.54) is 7.11 Å². The standard InChI is InChI=1S/C9H18N2O4.ClH/c1-9(2,3)15-8(13)11-6(5-10)7(12)14-4;/h6H,5,10H2,1-4H3,(H,11,13);1H/t6-;/m1./s1. The SMILES string of the molecule is COC(=O)[C@@H](CN)NC(=O)OC(C)(C)C.Cl. The molecule has 0 aliphatic carbocycles. The van der Waals surface area contributed by atoms with Crippen molar-refractivity contribution in [2.24, 2.45) is 5.73 Å². The Hall–Kier alpha value is -1.01. The first-order valence-electron chi connectivity index (χ1n) is 4.57. The van der Waals surface area contributed by atoms with Gasteiger partial charge in [-0.05, 0) is 20.8 Å². The zero-order valence-electron chi connectivity index (χ0n) is 9.90. The molecule has 0 bridgehead atoms. The average molecular weight is 255 g/mol. The number of halogens is 1. The van der Waals surface area contributed by atoms with Crippen molar-refractivity contribution in [3.8, 4) is 0 Å². The highest BCUT2D eigenvalue weighted by molar-refractivity contribution is 5.85. The van der Waals surface area contributed by atoms with Gasteiger partial charge in [-0.1, -0.05) is 0 Å².